The van der Waals surface area contributed by atoms with Crippen LogP contribution in [0.2, 0.25) is 0 Å². The second-order valence-corrected chi connectivity index (χ2v) is 4.41. The van der Waals surface area contributed by atoms with Crippen molar-refractivity contribution in [1.29, 1.82) is 0 Å². The number of aryl methyl sites for hydroxylation is 1. The molecular weight excluding hydrogens is 212 g/mol. The number of nitrogens with two attached hydrogens (primary N) is 1. The van der Waals surface area contributed by atoms with Gasteiger partial charge in [0, 0.05) is 29.8 Å². The van der Waals surface area contributed by atoms with Crippen LogP contribution in [0.15, 0.2) is 36.7 Å². The monoisotopic (exact) mass is 230 g/mol. The average Bonchev–Trinajstić information content (AvgIpc) is 2.67. The summed E-state index contributed by atoms with van der Waals surface area (Å²) in [6, 6.07) is 8.24. The van der Waals surface area contributed by atoms with Crippen LogP contribution in [-0.4, -0.2) is 15.8 Å². The summed E-state index contributed by atoms with van der Waals surface area (Å²) in [5.41, 5.74) is 8.83. The third kappa shape index (κ3) is 3.24. The van der Waals surface area contributed by atoms with E-state index in [0.717, 1.165) is 17.9 Å². The highest BCUT2D eigenvalue weighted by Gasteiger charge is 2.04. The fourth-order valence-corrected chi connectivity index (χ4v) is 1.92. The molecule has 1 aromatic heterocycles. The second kappa shape index (κ2) is 4.91. The molecule has 4 nitrogen and oxygen atoms in total. The highest BCUT2D eigenvalue weighted by molar-refractivity contribution is 5.57. The van der Waals surface area contributed by atoms with Gasteiger partial charge in [-0.2, -0.15) is 5.10 Å². The molecule has 0 aliphatic rings. The van der Waals surface area contributed by atoms with Crippen molar-refractivity contribution in [2.24, 2.45) is 0 Å². The molecule has 1 heterocycles. The third-order valence-corrected chi connectivity index (χ3v) is 2.53. The van der Waals surface area contributed by atoms with Crippen LogP contribution in [0.5, 0.6) is 0 Å². The zero-order valence-electron chi connectivity index (χ0n) is 10.2. The molecule has 2 rings (SSSR count). The summed E-state index contributed by atoms with van der Waals surface area (Å²) in [5, 5.41) is 7.61. The summed E-state index contributed by atoms with van der Waals surface area (Å²) in [6.07, 6.45) is 3.75. The molecule has 1 atom stereocenters. The van der Waals surface area contributed by atoms with E-state index in [1.54, 1.807) is 6.20 Å². The molecule has 1 unspecified atom stereocenters. The van der Waals surface area contributed by atoms with Crippen molar-refractivity contribution in [3.63, 3.8) is 0 Å². The van der Waals surface area contributed by atoms with Crippen molar-refractivity contribution in [3.05, 3.63) is 42.2 Å². The van der Waals surface area contributed by atoms with E-state index in [1.165, 1.54) is 5.56 Å². The summed E-state index contributed by atoms with van der Waals surface area (Å²) in [7, 11) is 0. The summed E-state index contributed by atoms with van der Waals surface area (Å²) < 4.78 is 1.91. The smallest absolute Gasteiger partial charge is 0.0608 e. The third-order valence-electron chi connectivity index (χ3n) is 2.53. The number of rotatable bonds is 4. The Morgan fingerprint density at radius 1 is 1.41 bits per heavy atom. The van der Waals surface area contributed by atoms with E-state index in [4.69, 9.17) is 5.73 Å². The van der Waals surface area contributed by atoms with E-state index in [0.29, 0.717) is 6.04 Å². The van der Waals surface area contributed by atoms with E-state index < -0.39 is 0 Å². The molecule has 4 heteroatoms. The zero-order valence-corrected chi connectivity index (χ0v) is 10.2. The minimum atomic E-state index is 0.302. The van der Waals surface area contributed by atoms with Crippen LogP contribution in [0.25, 0.3) is 0 Å². The summed E-state index contributed by atoms with van der Waals surface area (Å²) in [6.45, 7) is 5.00. The van der Waals surface area contributed by atoms with Gasteiger partial charge in [0.2, 0.25) is 0 Å². The van der Waals surface area contributed by atoms with Gasteiger partial charge in [-0.05, 0) is 43.7 Å². The first kappa shape index (κ1) is 11.5. The number of hydrogen-bond acceptors (Lipinski definition) is 3. The van der Waals surface area contributed by atoms with Crippen molar-refractivity contribution in [3.8, 4) is 0 Å². The normalized spacial score (nSPS) is 12.4. The van der Waals surface area contributed by atoms with Crippen molar-refractivity contribution in [2.45, 2.75) is 26.4 Å². The average molecular weight is 230 g/mol. The second-order valence-electron chi connectivity index (χ2n) is 4.41. The van der Waals surface area contributed by atoms with Crippen LogP contribution in [-0.2, 0) is 6.54 Å². The Labute approximate surface area is 101 Å². The quantitative estimate of drug-likeness (QED) is 0.792. The minimum Gasteiger partial charge on any atom is -0.399 e. The predicted octanol–water partition coefficient (Wildman–Crippen LogP) is 2.27. The molecule has 0 aliphatic heterocycles. The van der Waals surface area contributed by atoms with Gasteiger partial charge >= 0.3 is 0 Å². The fourth-order valence-electron chi connectivity index (χ4n) is 1.92. The van der Waals surface area contributed by atoms with Gasteiger partial charge in [0.15, 0.2) is 0 Å². The van der Waals surface area contributed by atoms with Gasteiger partial charge in [-0.15, -0.1) is 0 Å². The molecule has 17 heavy (non-hydrogen) atoms. The molecular formula is C13H18N4. The van der Waals surface area contributed by atoms with Gasteiger partial charge in [0.05, 0.1) is 6.54 Å². The Hall–Kier alpha value is -1.97. The van der Waals surface area contributed by atoms with Gasteiger partial charge in [0.25, 0.3) is 0 Å². The van der Waals surface area contributed by atoms with E-state index in [9.17, 15) is 0 Å². The molecule has 0 spiro atoms. The van der Waals surface area contributed by atoms with E-state index in [1.807, 2.05) is 36.0 Å². The van der Waals surface area contributed by atoms with Crippen LogP contribution in [0.1, 0.15) is 12.5 Å². The number of anilines is 2. The number of nitrogens with one attached hydrogen (secondary N) is 1. The molecule has 0 aliphatic carbocycles. The van der Waals surface area contributed by atoms with Gasteiger partial charge < -0.3 is 11.1 Å². The van der Waals surface area contributed by atoms with Gasteiger partial charge in [0.1, 0.15) is 0 Å². The highest BCUT2D eigenvalue weighted by atomic mass is 15.3. The minimum absolute atomic E-state index is 0.302. The SMILES string of the molecule is Cc1cc(N)cc(NC(C)Cn2cccn2)c1. The Morgan fingerprint density at radius 2 is 2.24 bits per heavy atom. The number of hydrogen-bond donors (Lipinski definition) is 2. The predicted molar refractivity (Wildman–Crippen MR) is 70.9 cm³/mol. The van der Waals surface area contributed by atoms with Gasteiger partial charge in [-0.1, -0.05) is 0 Å². The summed E-state index contributed by atoms with van der Waals surface area (Å²) in [5.74, 6) is 0. The van der Waals surface area contributed by atoms with Crippen LogP contribution < -0.4 is 11.1 Å². The molecule has 2 aromatic rings. The fraction of sp³-hybridized carbons (Fsp3) is 0.308. The number of nitrogen functional groups attached to an aromatic ring is 1. The van der Waals surface area contributed by atoms with Gasteiger partial charge in [-0.3, -0.25) is 4.68 Å². The highest BCUT2D eigenvalue weighted by Crippen LogP contribution is 2.16. The Morgan fingerprint density at radius 3 is 2.88 bits per heavy atom. The van der Waals surface area contributed by atoms with Crippen LogP contribution >= 0.6 is 0 Å². The lowest BCUT2D eigenvalue weighted by atomic mass is 10.2. The molecule has 0 radical (unpaired) electrons. The first-order valence-electron chi connectivity index (χ1n) is 5.74. The molecule has 90 valence electrons. The molecule has 0 bridgehead atoms. The molecule has 3 N–H and O–H groups in total. The van der Waals surface area contributed by atoms with Crippen molar-refractivity contribution >= 4 is 11.4 Å². The molecule has 0 fully saturated rings. The molecule has 0 amide bonds. The van der Waals surface area contributed by atoms with Crippen molar-refractivity contribution < 1.29 is 0 Å². The van der Waals surface area contributed by atoms with E-state index in [-0.39, 0.29) is 0 Å². The standard InChI is InChI=1S/C13H18N4/c1-10-6-12(14)8-13(7-10)16-11(2)9-17-5-3-4-15-17/h3-8,11,16H,9,14H2,1-2H3. The Bertz CT molecular complexity index is 456. The van der Waals surface area contributed by atoms with Crippen LogP contribution in [0, 0.1) is 6.92 Å². The largest absolute Gasteiger partial charge is 0.399 e. The summed E-state index contributed by atoms with van der Waals surface area (Å²) >= 11 is 0. The van der Waals surface area contributed by atoms with Crippen molar-refractivity contribution in [1.82, 2.24) is 9.78 Å². The van der Waals surface area contributed by atoms with Gasteiger partial charge in [-0.25, -0.2) is 0 Å². The number of benzene rings is 1. The molecule has 1 aromatic carbocycles. The zero-order chi connectivity index (χ0) is 12.3. The topological polar surface area (TPSA) is 55.9 Å². The van der Waals surface area contributed by atoms with E-state index >= 15 is 0 Å². The number of aromatic nitrogens is 2. The maximum absolute atomic E-state index is 5.81. The Kier molecular flexibility index (Phi) is 3.32. The molecule has 0 saturated heterocycles. The lowest BCUT2D eigenvalue weighted by Gasteiger charge is -2.16. The summed E-state index contributed by atoms with van der Waals surface area (Å²) in [4.78, 5) is 0. The maximum atomic E-state index is 5.81. The first-order chi connectivity index (χ1) is 8.13. The van der Waals surface area contributed by atoms with E-state index in [2.05, 4.69) is 23.4 Å². The number of nitrogens with zero attached hydrogens (tertiary/aromatic N) is 2. The Balaban J connectivity index is 2.00. The maximum Gasteiger partial charge on any atom is 0.0608 e. The van der Waals surface area contributed by atoms with Crippen LogP contribution in [0.3, 0.4) is 0 Å². The lowest BCUT2D eigenvalue weighted by molar-refractivity contribution is 0.561. The van der Waals surface area contributed by atoms with Crippen LogP contribution in [0.4, 0.5) is 11.4 Å². The lowest BCUT2D eigenvalue weighted by Crippen LogP contribution is -2.22. The first-order valence-corrected chi connectivity index (χ1v) is 5.74. The van der Waals surface area contributed by atoms with Crippen molar-refractivity contribution in [2.75, 3.05) is 11.1 Å². The molecule has 0 saturated carbocycles.